The molecule has 0 saturated heterocycles. The molecule has 0 fully saturated rings. The molecule has 0 heterocycles. The first kappa shape index (κ1) is 16.4. The summed E-state index contributed by atoms with van der Waals surface area (Å²) in [6, 6.07) is 27.7. The van der Waals surface area contributed by atoms with Gasteiger partial charge in [-0.1, -0.05) is 80.6 Å². The summed E-state index contributed by atoms with van der Waals surface area (Å²) in [5.74, 6) is 0.583. The van der Waals surface area contributed by atoms with E-state index in [0.717, 1.165) is 22.8 Å². The summed E-state index contributed by atoms with van der Waals surface area (Å²) in [7, 11) is 0. The molecule has 126 valence electrons. The topological polar surface area (TPSA) is 23.8 Å². The van der Waals surface area contributed by atoms with Crippen molar-refractivity contribution in [3.63, 3.8) is 0 Å². The second kappa shape index (κ2) is 6.65. The number of nitrogens with zero attached hydrogens (tertiary/aromatic N) is 1. The van der Waals surface area contributed by atoms with Crippen molar-refractivity contribution in [2.24, 2.45) is 5.92 Å². The maximum absolute atomic E-state index is 9.49. The summed E-state index contributed by atoms with van der Waals surface area (Å²) >= 11 is 0. The van der Waals surface area contributed by atoms with Gasteiger partial charge in [-0.2, -0.15) is 5.26 Å². The zero-order valence-corrected chi connectivity index (χ0v) is 15.2. The van der Waals surface area contributed by atoms with Gasteiger partial charge in [0.05, 0.1) is 11.6 Å². The molecule has 4 aromatic rings. The van der Waals surface area contributed by atoms with Crippen molar-refractivity contribution in [3.05, 3.63) is 83.9 Å². The first-order valence-corrected chi connectivity index (χ1v) is 9.12. The second-order valence-electron chi connectivity index (χ2n) is 7.24. The maximum atomic E-state index is 9.49. The van der Waals surface area contributed by atoms with Crippen molar-refractivity contribution in [3.8, 4) is 17.2 Å². The largest absolute Gasteiger partial charge is 0.192 e. The summed E-state index contributed by atoms with van der Waals surface area (Å²) in [5, 5.41) is 14.2. The number of rotatable bonds is 3. The Labute approximate surface area is 154 Å². The van der Waals surface area contributed by atoms with Crippen molar-refractivity contribution < 1.29 is 0 Å². The van der Waals surface area contributed by atoms with Crippen molar-refractivity contribution >= 4 is 21.5 Å². The number of hydrogen-bond donors (Lipinski definition) is 0. The normalized spacial score (nSPS) is 11.2. The average molecular weight is 335 g/mol. The van der Waals surface area contributed by atoms with Crippen LogP contribution >= 0.6 is 0 Å². The molecule has 0 aromatic heterocycles. The van der Waals surface area contributed by atoms with Crippen LogP contribution in [0.2, 0.25) is 0 Å². The van der Waals surface area contributed by atoms with Crippen LogP contribution in [0.15, 0.2) is 72.8 Å². The zero-order valence-electron chi connectivity index (χ0n) is 15.2. The first-order valence-electron chi connectivity index (χ1n) is 9.12. The van der Waals surface area contributed by atoms with Crippen LogP contribution in [-0.2, 0) is 6.42 Å². The second-order valence-corrected chi connectivity index (χ2v) is 7.24. The molecule has 26 heavy (non-hydrogen) atoms. The molecule has 1 nitrogen and oxygen atoms in total. The van der Waals surface area contributed by atoms with Gasteiger partial charge in [-0.3, -0.25) is 0 Å². The molecule has 0 saturated carbocycles. The van der Waals surface area contributed by atoms with Gasteiger partial charge in [0, 0.05) is 5.39 Å². The van der Waals surface area contributed by atoms with E-state index in [0.29, 0.717) is 5.92 Å². The van der Waals surface area contributed by atoms with Gasteiger partial charge in [0.2, 0.25) is 0 Å². The highest BCUT2D eigenvalue weighted by Gasteiger charge is 2.15. The SMILES string of the molecule is CC(C)Cc1ccc2ccccc2c1-c1ccc(C#N)c2ccccc12. The highest BCUT2D eigenvalue weighted by atomic mass is 14.2. The van der Waals surface area contributed by atoms with Crippen LogP contribution in [0.5, 0.6) is 0 Å². The Morgan fingerprint density at radius 3 is 2.19 bits per heavy atom. The van der Waals surface area contributed by atoms with Crippen LogP contribution in [0, 0.1) is 17.2 Å². The number of nitriles is 1. The van der Waals surface area contributed by atoms with Gasteiger partial charge in [0.15, 0.2) is 0 Å². The molecular weight excluding hydrogens is 314 g/mol. The molecule has 0 amide bonds. The maximum Gasteiger partial charge on any atom is 0.0998 e. The Bertz CT molecular complexity index is 1150. The molecule has 1 heteroatoms. The molecule has 0 atom stereocenters. The molecule has 0 aliphatic carbocycles. The number of fused-ring (bicyclic) bond motifs is 2. The Morgan fingerprint density at radius 2 is 1.46 bits per heavy atom. The van der Waals surface area contributed by atoms with Gasteiger partial charge in [-0.05, 0) is 51.3 Å². The number of hydrogen-bond acceptors (Lipinski definition) is 1. The summed E-state index contributed by atoms with van der Waals surface area (Å²) in [5.41, 5.74) is 4.62. The van der Waals surface area contributed by atoms with Crippen LogP contribution in [0.3, 0.4) is 0 Å². The molecule has 4 aromatic carbocycles. The van der Waals surface area contributed by atoms with E-state index in [1.54, 1.807) is 0 Å². The molecule has 4 rings (SSSR count). The minimum absolute atomic E-state index is 0.583. The minimum Gasteiger partial charge on any atom is -0.192 e. The lowest BCUT2D eigenvalue weighted by atomic mass is 9.86. The van der Waals surface area contributed by atoms with E-state index in [-0.39, 0.29) is 0 Å². The fourth-order valence-corrected chi connectivity index (χ4v) is 3.86. The lowest BCUT2D eigenvalue weighted by molar-refractivity contribution is 0.648. The van der Waals surface area contributed by atoms with E-state index < -0.39 is 0 Å². The van der Waals surface area contributed by atoms with Crippen LogP contribution in [-0.4, -0.2) is 0 Å². The monoisotopic (exact) mass is 335 g/mol. The summed E-state index contributed by atoms with van der Waals surface area (Å²) in [6.07, 6.45) is 1.04. The van der Waals surface area contributed by atoms with E-state index in [1.165, 1.54) is 27.5 Å². The summed E-state index contributed by atoms with van der Waals surface area (Å²) < 4.78 is 0. The quantitative estimate of drug-likeness (QED) is 0.407. The molecule has 0 aliphatic heterocycles. The van der Waals surface area contributed by atoms with E-state index >= 15 is 0 Å². The third kappa shape index (κ3) is 2.74. The van der Waals surface area contributed by atoms with E-state index in [9.17, 15) is 5.26 Å². The Kier molecular flexibility index (Phi) is 4.19. The third-order valence-corrected chi connectivity index (χ3v) is 4.96. The molecule has 0 unspecified atom stereocenters. The highest BCUT2D eigenvalue weighted by molar-refractivity contribution is 6.07. The Morgan fingerprint density at radius 1 is 0.769 bits per heavy atom. The van der Waals surface area contributed by atoms with Gasteiger partial charge in [-0.15, -0.1) is 0 Å². The predicted octanol–water partition coefficient (Wildman–Crippen LogP) is 6.73. The summed E-state index contributed by atoms with van der Waals surface area (Å²) in [6.45, 7) is 4.52. The number of benzene rings is 4. The van der Waals surface area contributed by atoms with Crippen molar-refractivity contribution in [1.82, 2.24) is 0 Å². The lowest BCUT2D eigenvalue weighted by Gasteiger charge is -2.17. The molecule has 0 bridgehead atoms. The van der Waals surface area contributed by atoms with Gasteiger partial charge in [-0.25, -0.2) is 0 Å². The zero-order chi connectivity index (χ0) is 18.1. The lowest BCUT2D eigenvalue weighted by Crippen LogP contribution is -1.98. The van der Waals surface area contributed by atoms with Gasteiger partial charge < -0.3 is 0 Å². The minimum atomic E-state index is 0.583. The smallest absolute Gasteiger partial charge is 0.0998 e. The molecule has 0 N–H and O–H groups in total. The van der Waals surface area contributed by atoms with Gasteiger partial charge >= 0.3 is 0 Å². The summed E-state index contributed by atoms with van der Waals surface area (Å²) in [4.78, 5) is 0. The van der Waals surface area contributed by atoms with Gasteiger partial charge in [0.1, 0.15) is 0 Å². The van der Waals surface area contributed by atoms with Crippen LogP contribution in [0.1, 0.15) is 25.0 Å². The van der Waals surface area contributed by atoms with E-state index in [2.05, 4.69) is 74.5 Å². The third-order valence-electron chi connectivity index (χ3n) is 4.96. The van der Waals surface area contributed by atoms with E-state index in [4.69, 9.17) is 0 Å². The Balaban J connectivity index is 2.12. The molecular formula is C25H21N. The standard InChI is InChI=1S/C25H21N/c1-17(2)15-19-12-11-18-7-3-4-9-22(18)25(19)24-14-13-20(16-26)21-8-5-6-10-23(21)24/h3-14,17H,15H2,1-2H3. The molecule has 0 aliphatic rings. The first-order chi connectivity index (χ1) is 12.7. The predicted molar refractivity (Wildman–Crippen MR) is 110 cm³/mol. The highest BCUT2D eigenvalue weighted by Crippen LogP contribution is 2.38. The fraction of sp³-hybridized carbons (Fsp3) is 0.160. The van der Waals surface area contributed by atoms with Crippen molar-refractivity contribution in [2.45, 2.75) is 20.3 Å². The fourth-order valence-electron chi connectivity index (χ4n) is 3.86. The van der Waals surface area contributed by atoms with Crippen molar-refractivity contribution in [2.75, 3.05) is 0 Å². The molecule has 0 spiro atoms. The van der Waals surface area contributed by atoms with E-state index in [1.807, 2.05) is 18.2 Å². The Hall–Kier alpha value is -3.11. The van der Waals surface area contributed by atoms with Gasteiger partial charge in [0.25, 0.3) is 0 Å². The van der Waals surface area contributed by atoms with Crippen LogP contribution in [0.25, 0.3) is 32.7 Å². The average Bonchev–Trinajstić information content (AvgIpc) is 2.67. The van der Waals surface area contributed by atoms with Crippen LogP contribution < -0.4 is 0 Å². The van der Waals surface area contributed by atoms with Crippen LogP contribution in [0.4, 0.5) is 0 Å². The van der Waals surface area contributed by atoms with Crippen molar-refractivity contribution in [1.29, 1.82) is 5.26 Å². The molecule has 0 radical (unpaired) electrons.